The molecule has 0 saturated carbocycles. The molecule has 5 aromatic carbocycles. The molecule has 0 fully saturated rings. The Balaban J connectivity index is 0.000000524. The Morgan fingerprint density at radius 1 is 0.333 bits per heavy atom. The van der Waals surface area contributed by atoms with Crippen molar-refractivity contribution in [1.82, 2.24) is 44.5 Å². The molecule has 0 aliphatic carbocycles. The van der Waals surface area contributed by atoms with E-state index in [1.165, 1.54) is 90.9 Å². The minimum atomic E-state index is -0.491. The molecule has 0 atom stereocenters. The van der Waals surface area contributed by atoms with E-state index in [0.29, 0.717) is 21.2 Å². The maximum absolute atomic E-state index is 12.3. The van der Waals surface area contributed by atoms with E-state index >= 15 is 0 Å². The van der Waals surface area contributed by atoms with Gasteiger partial charge in [0, 0.05) is 78.1 Å². The topological polar surface area (TPSA) is 116 Å². The maximum atomic E-state index is 12.3. The summed E-state index contributed by atoms with van der Waals surface area (Å²) in [5.41, 5.74) is 15.8. The highest BCUT2D eigenvalue weighted by atomic mass is 35.5. The first-order chi connectivity index (χ1) is 45.4. The van der Waals surface area contributed by atoms with Crippen LogP contribution in [0, 0.1) is 148 Å². The third kappa shape index (κ3) is 37.8. The first kappa shape index (κ1) is 86.6. The molecule has 7 heterocycles. The van der Waals surface area contributed by atoms with E-state index in [4.69, 9.17) is 58.0 Å². The predicted molar refractivity (Wildman–Crippen MR) is 401 cm³/mol. The number of aryl methyl sites for hydroxylation is 15. The van der Waals surface area contributed by atoms with Crippen LogP contribution in [-0.2, 0) is 0 Å². The normalized spacial score (nSPS) is 9.41. The van der Waals surface area contributed by atoms with Gasteiger partial charge >= 0.3 is 0 Å². The zero-order chi connectivity index (χ0) is 72.3. The lowest BCUT2D eigenvalue weighted by Gasteiger charge is -1.96. The molecule has 0 radical (unpaired) electrons. The summed E-state index contributed by atoms with van der Waals surface area (Å²) in [7, 11) is 0. The quantitative estimate of drug-likeness (QED) is 0.137. The molecular weight excluding hydrogens is 1380 g/mol. The summed E-state index contributed by atoms with van der Waals surface area (Å²) in [6, 6.07) is 37.7. The van der Waals surface area contributed by atoms with Crippen LogP contribution in [-0.4, -0.2) is 44.5 Å². The van der Waals surface area contributed by atoms with Crippen LogP contribution < -0.4 is 0 Å². The van der Waals surface area contributed by atoms with Crippen LogP contribution >= 0.6 is 92.2 Å². The number of hydrogen-bond acceptors (Lipinski definition) is 12. The van der Waals surface area contributed by atoms with Crippen molar-refractivity contribution in [2.24, 2.45) is 0 Å². The van der Waals surface area contributed by atoms with Crippen LogP contribution in [0.3, 0.4) is 0 Å². The second-order valence-corrected chi connectivity index (χ2v) is 26.2. The van der Waals surface area contributed by atoms with Crippen molar-refractivity contribution < 1.29 is 17.6 Å². The molecule has 0 N–H and O–H groups in total. The average Bonchev–Trinajstić information content (AvgIpc) is 1.55. The van der Waals surface area contributed by atoms with Gasteiger partial charge in [0.15, 0.2) is 0 Å². The van der Waals surface area contributed by atoms with Crippen molar-refractivity contribution in [2.45, 2.75) is 125 Å². The van der Waals surface area contributed by atoms with Crippen LogP contribution in [0.1, 0.15) is 98.0 Å². The van der Waals surface area contributed by atoms with Crippen LogP contribution in [0.25, 0.3) is 0 Å². The molecule has 0 aliphatic rings. The lowest BCUT2D eigenvalue weighted by molar-refractivity contribution is 0.568. The van der Waals surface area contributed by atoms with Crippen molar-refractivity contribution in [3.8, 4) is 0 Å². The van der Waals surface area contributed by atoms with E-state index in [1.807, 2.05) is 149 Å². The molecule has 0 spiro atoms. The Morgan fingerprint density at radius 3 is 1.08 bits per heavy atom. The van der Waals surface area contributed by atoms with Gasteiger partial charge in [0.25, 0.3) is 0 Å². The van der Waals surface area contributed by atoms with Crippen molar-refractivity contribution in [1.29, 1.82) is 0 Å². The molecule has 0 aliphatic heterocycles. The Labute approximate surface area is 603 Å². The van der Waals surface area contributed by atoms with Gasteiger partial charge in [-0.05, 0) is 241 Å². The molecule has 0 amide bonds. The molecule has 7 aromatic heterocycles. The number of hydrogen-bond donors (Lipinski definition) is 0. The number of thiazole rings is 2. The van der Waals surface area contributed by atoms with E-state index < -0.39 is 11.6 Å². The smallest absolute Gasteiger partial charge is 0.144 e. The van der Waals surface area contributed by atoms with E-state index in [-0.39, 0.29) is 17.2 Å². The third-order valence-electron chi connectivity index (χ3n) is 13.1. The predicted octanol–water partition coefficient (Wildman–Crippen LogP) is 24.4. The van der Waals surface area contributed by atoms with Gasteiger partial charge in [-0.25, -0.2) is 37.5 Å². The lowest BCUT2D eigenvalue weighted by Crippen LogP contribution is -1.85. The second-order valence-electron chi connectivity index (χ2n) is 20.7. The molecule has 0 saturated heterocycles. The lowest BCUT2D eigenvalue weighted by atomic mass is 10.1. The van der Waals surface area contributed by atoms with Crippen molar-refractivity contribution in [3.63, 3.8) is 0 Å². The summed E-state index contributed by atoms with van der Waals surface area (Å²) in [5.74, 6) is -1.36. The van der Waals surface area contributed by atoms with Gasteiger partial charge in [-0.15, -0.1) is 27.8 Å². The molecule has 9 nitrogen and oxygen atoms in total. The monoisotopic (exact) mass is 1460 g/mol. The fourth-order valence-electron chi connectivity index (χ4n) is 6.01. The number of aromatic nitrogens is 9. The first-order valence-corrected chi connectivity index (χ1v) is 33.9. The zero-order valence-electron chi connectivity index (χ0n) is 57.5. The highest BCUT2D eigenvalue weighted by Gasteiger charge is 2.01. The average molecular weight is 1460 g/mol. The molecule has 0 unspecified atom stereocenters. The van der Waals surface area contributed by atoms with Crippen molar-refractivity contribution in [3.05, 3.63) is 329 Å². The van der Waals surface area contributed by atoms with E-state index in [9.17, 15) is 17.6 Å². The highest BCUT2D eigenvalue weighted by molar-refractivity contribution is 7.11. The minimum Gasteiger partial charge on any atom is -0.265 e. The SMILES string of the molecule is Cc1c(Cl)cccc1Cl.Cc1c(Cl)cncc1Cl.Cc1c(F)cccc1F.Cc1ccccc1C.Cc1ccccc1Cl.Cc1ccccc1F.Cc1ccncc1.Cc1ccncc1F.Cc1cncnc1C.Cc1nc(C)c(C)s1.Cc1ncsc1C.Cc1nnsc1C. The van der Waals surface area contributed by atoms with Crippen LogP contribution in [0.15, 0.2) is 183 Å². The summed E-state index contributed by atoms with van der Waals surface area (Å²) in [6.07, 6.45) is 12.9. The van der Waals surface area contributed by atoms with Gasteiger partial charge in [-0.2, -0.15) is 0 Å². The Morgan fingerprint density at radius 2 is 0.812 bits per heavy atom. The number of rotatable bonds is 0. The summed E-state index contributed by atoms with van der Waals surface area (Å²) < 4.78 is 53.0. The molecular formula is C75H84Cl5F4N9S3. The third-order valence-corrected chi connectivity index (χ3v) is 17.6. The number of benzene rings is 5. The van der Waals surface area contributed by atoms with E-state index in [0.717, 1.165) is 54.4 Å². The fourth-order valence-corrected chi connectivity index (χ4v) is 8.78. The van der Waals surface area contributed by atoms with Crippen LogP contribution in [0.2, 0.25) is 25.1 Å². The summed E-state index contributed by atoms with van der Waals surface area (Å²) in [4.78, 5) is 31.1. The fraction of sp³-hybridized carbons (Fsp3) is 0.240. The Bertz CT molecular complexity index is 3490. The number of nitrogens with zero attached hydrogens (tertiary/aromatic N) is 9. The first-order valence-electron chi connectivity index (χ1n) is 29.6. The summed E-state index contributed by atoms with van der Waals surface area (Å²) in [5, 5.41) is 8.47. The van der Waals surface area contributed by atoms with Crippen LogP contribution in [0.5, 0.6) is 0 Å². The molecule has 0 bridgehead atoms. The number of pyridine rings is 3. The second kappa shape index (κ2) is 49.2. The van der Waals surface area contributed by atoms with Crippen molar-refractivity contribution in [2.75, 3.05) is 0 Å². The molecule has 510 valence electrons. The van der Waals surface area contributed by atoms with Crippen molar-refractivity contribution >= 4 is 92.2 Å². The Kier molecular flexibility index (Phi) is 44.4. The van der Waals surface area contributed by atoms with E-state index in [2.05, 4.69) is 96.4 Å². The van der Waals surface area contributed by atoms with Gasteiger partial charge < -0.3 is 0 Å². The zero-order valence-corrected chi connectivity index (χ0v) is 63.7. The molecule has 21 heteroatoms. The van der Waals surface area contributed by atoms with Gasteiger partial charge in [-0.3, -0.25) is 15.0 Å². The largest absolute Gasteiger partial charge is 0.265 e. The molecule has 12 aromatic rings. The summed E-state index contributed by atoms with van der Waals surface area (Å²) in [6.45, 7) is 35.1. The molecule has 96 heavy (non-hydrogen) atoms. The van der Waals surface area contributed by atoms with Gasteiger partial charge in [0.05, 0.1) is 43.8 Å². The van der Waals surface area contributed by atoms with E-state index in [1.54, 1.807) is 92.0 Å². The molecule has 12 rings (SSSR count). The standard InChI is InChI=1S/C8H10.C7H6Cl2.C7H7Cl.C7H6F2.C7H7F.C6H5Cl2N.C6H6FN.C6H8N2.C6H9NS.C6H7N.C5H7NS.C4H6N2S/c1-7-5-3-4-6-8(7)2;1-5-6(8)3-2-4-7(5)9;1-6-4-2-3-5-7(6)8;1-5-6(8)3-2-4-7(5)9;1-6-4-2-3-5-7(6)8;1-4-5(7)2-9-3-6(4)8;1-5-2-3-8-4-6(5)7;1-5-3-7-4-8-6(5)2;1-4-5(2)8-6(3)7-4;1-6-2-4-7-5-3-6;1-4-5(2)7-3-6-4;1-3-4(2)7-6-5-3/h3-6H,1-2H3;2-4H,1H3;2-5H,1H3;2-4H,1H3;2-5H,1H3;2-3H,1H3;2-4H,1H3;3-4H,1-2H3;1-3H3;2-5H,1H3;3H,1-2H3;1-2H3. The van der Waals surface area contributed by atoms with Crippen LogP contribution in [0.4, 0.5) is 17.6 Å². The maximum Gasteiger partial charge on any atom is 0.144 e. The Hall–Kier alpha value is -7.38. The van der Waals surface area contributed by atoms with Gasteiger partial charge in [0.2, 0.25) is 0 Å². The minimum absolute atomic E-state index is 0.0810. The summed E-state index contributed by atoms with van der Waals surface area (Å²) >= 11 is 33.4. The van der Waals surface area contributed by atoms with Gasteiger partial charge in [0.1, 0.15) is 29.6 Å². The number of halogens is 9. The highest BCUT2D eigenvalue weighted by Crippen LogP contribution is 2.23. The van der Waals surface area contributed by atoms with Gasteiger partial charge in [-0.1, -0.05) is 135 Å².